The molecule has 1 aliphatic heterocycles. The third-order valence-corrected chi connectivity index (χ3v) is 4.91. The van der Waals surface area contributed by atoms with Gasteiger partial charge in [-0.15, -0.1) is 0 Å². The maximum Gasteiger partial charge on any atom is 0.291 e. The van der Waals surface area contributed by atoms with E-state index in [4.69, 9.17) is 0 Å². The molecule has 0 bridgehead atoms. The Morgan fingerprint density at radius 1 is 1.14 bits per heavy atom. The molecule has 2 heterocycles. The Hall–Kier alpha value is -2.67. The summed E-state index contributed by atoms with van der Waals surface area (Å²) in [5.74, 6) is -0.161. The van der Waals surface area contributed by atoms with Gasteiger partial charge < -0.3 is 20.1 Å². The number of carbonyl (C=O) groups is 2. The van der Waals surface area contributed by atoms with Crippen LogP contribution < -0.4 is 10.6 Å². The van der Waals surface area contributed by atoms with Crippen LogP contribution in [0.3, 0.4) is 0 Å². The third-order valence-electron chi connectivity index (χ3n) is 4.91. The maximum absolute atomic E-state index is 12.8. The summed E-state index contributed by atoms with van der Waals surface area (Å²) in [7, 11) is 4.01. The van der Waals surface area contributed by atoms with Crippen LogP contribution in [0.5, 0.6) is 0 Å². The predicted octanol–water partition coefficient (Wildman–Crippen LogP) is 2.46. The Bertz CT molecular complexity index is 839. The number of fused-ring (bicyclic) bond motifs is 1. The van der Waals surface area contributed by atoms with Gasteiger partial charge in [-0.2, -0.15) is 0 Å². The van der Waals surface area contributed by atoms with Crippen molar-refractivity contribution in [3.8, 4) is 0 Å². The van der Waals surface area contributed by atoms with Crippen LogP contribution in [0, 0.1) is 6.92 Å². The monoisotopic (exact) mass is 383 g/mol. The molecule has 1 aromatic carbocycles. The van der Waals surface area contributed by atoms with E-state index in [1.807, 2.05) is 49.9 Å². The molecule has 1 aromatic heterocycles. The molecular weight excluding hydrogens is 354 g/mol. The molecule has 0 saturated heterocycles. The molecule has 7 nitrogen and oxygen atoms in total. The van der Waals surface area contributed by atoms with Gasteiger partial charge in [-0.3, -0.25) is 9.59 Å². The summed E-state index contributed by atoms with van der Waals surface area (Å²) in [6, 6.07) is 7.63. The molecule has 2 amide bonds. The van der Waals surface area contributed by atoms with Crippen molar-refractivity contribution < 1.29 is 9.59 Å². The zero-order valence-corrected chi connectivity index (χ0v) is 16.9. The molecule has 2 N–H and O–H groups in total. The number of anilines is 1. The van der Waals surface area contributed by atoms with E-state index in [9.17, 15) is 9.59 Å². The van der Waals surface area contributed by atoms with Crippen molar-refractivity contribution >= 4 is 17.5 Å². The number of aromatic nitrogens is 2. The maximum atomic E-state index is 12.8. The number of hydrogen-bond acceptors (Lipinski definition) is 4. The summed E-state index contributed by atoms with van der Waals surface area (Å²) in [5.41, 5.74) is 3.10. The third kappa shape index (κ3) is 4.78. The van der Waals surface area contributed by atoms with E-state index in [1.165, 1.54) is 0 Å². The highest BCUT2D eigenvalue weighted by Crippen LogP contribution is 2.22. The van der Waals surface area contributed by atoms with Crippen LogP contribution in [0.15, 0.2) is 24.3 Å². The Morgan fingerprint density at radius 2 is 1.89 bits per heavy atom. The minimum Gasteiger partial charge on any atom is -0.351 e. The number of nitrogens with one attached hydrogen (secondary N) is 2. The van der Waals surface area contributed by atoms with Crippen LogP contribution >= 0.6 is 0 Å². The molecule has 0 spiro atoms. The number of carbonyl (C=O) groups excluding carboxylic acids is 2. The second kappa shape index (κ2) is 9.01. The lowest BCUT2D eigenvalue weighted by molar-refractivity contribution is 0.0946. The van der Waals surface area contributed by atoms with E-state index < -0.39 is 0 Å². The van der Waals surface area contributed by atoms with Gasteiger partial charge >= 0.3 is 0 Å². The molecule has 0 unspecified atom stereocenters. The number of amides is 2. The molecule has 0 atom stereocenters. The standard InChI is InChI=1S/C21H29N5O2/c1-15-8-10-16(11-9-15)23-21(28)19-24-18(17-7-4-5-14-26(17)19)20(27)22-12-6-13-25(2)3/h8-11H,4-7,12-14H2,1-3H3,(H,22,27)(H,23,28). The highest BCUT2D eigenvalue weighted by atomic mass is 16.2. The molecule has 28 heavy (non-hydrogen) atoms. The summed E-state index contributed by atoms with van der Waals surface area (Å²) in [4.78, 5) is 32.0. The van der Waals surface area contributed by atoms with Gasteiger partial charge in [0.15, 0.2) is 5.82 Å². The summed E-state index contributed by atoms with van der Waals surface area (Å²) < 4.78 is 1.90. The molecule has 0 fully saturated rings. The number of nitrogens with zero attached hydrogens (tertiary/aromatic N) is 3. The summed E-state index contributed by atoms with van der Waals surface area (Å²) in [6.45, 7) is 4.22. The highest BCUT2D eigenvalue weighted by Gasteiger charge is 2.27. The van der Waals surface area contributed by atoms with E-state index in [-0.39, 0.29) is 11.8 Å². The van der Waals surface area contributed by atoms with Crippen LogP contribution in [0.2, 0.25) is 0 Å². The molecule has 7 heteroatoms. The smallest absolute Gasteiger partial charge is 0.291 e. The molecule has 1 aliphatic rings. The van der Waals surface area contributed by atoms with Gasteiger partial charge in [0.2, 0.25) is 0 Å². The van der Waals surface area contributed by atoms with Crippen LogP contribution in [-0.4, -0.2) is 53.5 Å². The molecule has 150 valence electrons. The lowest BCUT2D eigenvalue weighted by Gasteiger charge is -2.17. The molecule has 3 rings (SSSR count). The first-order chi connectivity index (χ1) is 13.5. The largest absolute Gasteiger partial charge is 0.351 e. The second-order valence-electron chi connectivity index (χ2n) is 7.57. The van der Waals surface area contributed by atoms with E-state index in [1.54, 1.807) is 0 Å². The topological polar surface area (TPSA) is 79.3 Å². The lowest BCUT2D eigenvalue weighted by Crippen LogP contribution is -2.28. The molecule has 0 saturated carbocycles. The second-order valence-corrected chi connectivity index (χ2v) is 7.57. The summed E-state index contributed by atoms with van der Waals surface area (Å²) in [5, 5.41) is 5.83. The minimum absolute atomic E-state index is 0.196. The number of benzene rings is 1. The first-order valence-electron chi connectivity index (χ1n) is 9.86. The van der Waals surface area contributed by atoms with Crippen LogP contribution in [0.4, 0.5) is 5.69 Å². The minimum atomic E-state index is -0.279. The van der Waals surface area contributed by atoms with Crippen molar-refractivity contribution in [2.24, 2.45) is 0 Å². The average Bonchev–Trinajstić information content (AvgIpc) is 3.07. The van der Waals surface area contributed by atoms with Crippen LogP contribution in [-0.2, 0) is 13.0 Å². The Morgan fingerprint density at radius 3 is 2.61 bits per heavy atom. The van der Waals surface area contributed by atoms with Crippen molar-refractivity contribution in [2.45, 2.75) is 39.2 Å². The van der Waals surface area contributed by atoms with Gasteiger partial charge in [-0.1, -0.05) is 17.7 Å². The molecule has 2 aromatic rings. The normalized spacial score (nSPS) is 13.3. The fourth-order valence-electron chi connectivity index (χ4n) is 3.40. The van der Waals surface area contributed by atoms with Gasteiger partial charge in [0.1, 0.15) is 5.69 Å². The van der Waals surface area contributed by atoms with E-state index >= 15 is 0 Å². The SMILES string of the molecule is Cc1ccc(NC(=O)c2nc(C(=O)NCCCN(C)C)c3n2CCCC3)cc1. The average molecular weight is 383 g/mol. The van der Waals surface area contributed by atoms with E-state index in [0.29, 0.717) is 24.6 Å². The molecule has 0 aliphatic carbocycles. The number of imidazole rings is 1. The number of aryl methyl sites for hydroxylation is 1. The zero-order valence-electron chi connectivity index (χ0n) is 16.9. The van der Waals surface area contributed by atoms with Crippen molar-refractivity contribution in [3.05, 3.63) is 47.0 Å². The molecular formula is C21H29N5O2. The first kappa shape index (κ1) is 20.1. The fourth-order valence-corrected chi connectivity index (χ4v) is 3.40. The van der Waals surface area contributed by atoms with Gasteiger partial charge in [0.25, 0.3) is 11.8 Å². The van der Waals surface area contributed by atoms with E-state index in [2.05, 4.69) is 20.5 Å². The van der Waals surface area contributed by atoms with Gasteiger partial charge in [0.05, 0.1) is 5.69 Å². The Labute approximate surface area is 166 Å². The Balaban J connectivity index is 1.75. The predicted molar refractivity (Wildman–Crippen MR) is 110 cm³/mol. The number of rotatable bonds is 7. The summed E-state index contributed by atoms with van der Waals surface area (Å²) >= 11 is 0. The highest BCUT2D eigenvalue weighted by molar-refractivity contribution is 6.03. The van der Waals surface area contributed by atoms with Crippen molar-refractivity contribution in [1.29, 1.82) is 0 Å². The first-order valence-corrected chi connectivity index (χ1v) is 9.86. The van der Waals surface area contributed by atoms with Crippen LogP contribution in [0.25, 0.3) is 0 Å². The fraction of sp³-hybridized carbons (Fsp3) is 0.476. The van der Waals surface area contributed by atoms with Crippen molar-refractivity contribution in [1.82, 2.24) is 19.8 Å². The lowest BCUT2D eigenvalue weighted by atomic mass is 10.1. The van der Waals surface area contributed by atoms with Gasteiger partial charge in [-0.25, -0.2) is 4.98 Å². The quantitative estimate of drug-likeness (QED) is 0.720. The number of hydrogen-bond donors (Lipinski definition) is 2. The van der Waals surface area contributed by atoms with Gasteiger partial charge in [-0.05, 0) is 65.4 Å². The van der Waals surface area contributed by atoms with Crippen molar-refractivity contribution in [2.75, 3.05) is 32.5 Å². The van der Waals surface area contributed by atoms with Crippen LogP contribution in [0.1, 0.15) is 51.6 Å². The Kier molecular flexibility index (Phi) is 6.46. The summed E-state index contributed by atoms with van der Waals surface area (Å²) in [6.07, 6.45) is 3.63. The van der Waals surface area contributed by atoms with Gasteiger partial charge in [0, 0.05) is 18.8 Å². The zero-order chi connectivity index (χ0) is 20.1. The van der Waals surface area contributed by atoms with Crippen molar-refractivity contribution in [3.63, 3.8) is 0 Å². The van der Waals surface area contributed by atoms with E-state index in [0.717, 1.165) is 49.2 Å². The molecule has 0 radical (unpaired) electrons.